The summed E-state index contributed by atoms with van der Waals surface area (Å²) in [5, 5.41) is 28.7. The Labute approximate surface area is 203 Å². The molecule has 35 heavy (non-hydrogen) atoms. The van der Waals surface area contributed by atoms with Crippen LogP contribution in [0.2, 0.25) is 0 Å². The predicted molar refractivity (Wildman–Crippen MR) is 136 cm³/mol. The lowest BCUT2D eigenvalue weighted by Gasteiger charge is -2.07. The van der Waals surface area contributed by atoms with Gasteiger partial charge in [-0.15, -0.1) is 5.11 Å². The van der Waals surface area contributed by atoms with E-state index in [0.29, 0.717) is 22.1 Å². The molecule has 0 spiro atoms. The van der Waals surface area contributed by atoms with Crippen LogP contribution >= 0.6 is 0 Å². The van der Waals surface area contributed by atoms with Gasteiger partial charge in [0.15, 0.2) is 0 Å². The van der Waals surface area contributed by atoms with Crippen molar-refractivity contribution in [3.63, 3.8) is 0 Å². The summed E-state index contributed by atoms with van der Waals surface area (Å²) in [6.07, 6.45) is 0. The van der Waals surface area contributed by atoms with Gasteiger partial charge in [-0.25, -0.2) is 0 Å². The van der Waals surface area contributed by atoms with Crippen molar-refractivity contribution in [3.8, 4) is 5.75 Å². The molecule has 0 unspecified atom stereocenters. The fourth-order valence-electron chi connectivity index (χ4n) is 3.68. The highest BCUT2D eigenvalue weighted by atomic mass is 32.2. The van der Waals surface area contributed by atoms with Crippen molar-refractivity contribution in [2.45, 2.75) is 32.6 Å². The molecule has 0 fully saturated rings. The number of nitrogens with zero attached hydrogens (tertiary/aromatic N) is 4. The maximum Gasteiger partial charge on any atom is 0.294 e. The second-order valence-corrected chi connectivity index (χ2v) is 9.83. The van der Waals surface area contributed by atoms with Crippen molar-refractivity contribution >= 4 is 43.6 Å². The van der Waals surface area contributed by atoms with Gasteiger partial charge in [-0.05, 0) is 86.2 Å². The first kappa shape index (κ1) is 24.2. The van der Waals surface area contributed by atoms with Gasteiger partial charge in [0.2, 0.25) is 0 Å². The molecule has 4 aromatic rings. The molecule has 4 rings (SSSR count). The summed E-state index contributed by atoms with van der Waals surface area (Å²) in [6, 6.07) is 16.7. The van der Waals surface area contributed by atoms with Crippen molar-refractivity contribution in [3.05, 3.63) is 82.9 Å². The van der Waals surface area contributed by atoms with Gasteiger partial charge in [0, 0.05) is 5.39 Å². The number of aromatic hydroxyl groups is 1. The highest BCUT2D eigenvalue weighted by Crippen LogP contribution is 2.38. The van der Waals surface area contributed by atoms with Crippen LogP contribution in [0.5, 0.6) is 5.75 Å². The quantitative estimate of drug-likeness (QED) is 0.219. The van der Waals surface area contributed by atoms with Crippen molar-refractivity contribution < 1.29 is 18.1 Å². The molecule has 0 aliphatic heterocycles. The zero-order chi connectivity index (χ0) is 25.3. The summed E-state index contributed by atoms with van der Waals surface area (Å²) in [5.41, 5.74) is 6.21. The molecule has 0 aliphatic carbocycles. The molecule has 8 nitrogen and oxygen atoms in total. The van der Waals surface area contributed by atoms with Gasteiger partial charge in [0.1, 0.15) is 11.4 Å². The maximum atomic E-state index is 11.4. The number of phenolic OH excluding ortho intramolecular Hbond substituents is 1. The Hall–Kier alpha value is -3.95. The standard InChI is InChI=1S/C26H24N4O4S/c1-15-5-9-22(16(2)11-15)27-28-23-12-18(4)24(13-17(23)3)29-30-26-21-8-7-20(35(32,33)34)14-19(21)6-10-25(26)31/h5-14,31H,1-4H3,(H,32,33,34). The summed E-state index contributed by atoms with van der Waals surface area (Å²) in [5.74, 6) is -0.103. The molecule has 0 saturated carbocycles. The van der Waals surface area contributed by atoms with E-state index in [-0.39, 0.29) is 16.3 Å². The van der Waals surface area contributed by atoms with E-state index in [9.17, 15) is 18.1 Å². The third-order valence-electron chi connectivity index (χ3n) is 5.63. The van der Waals surface area contributed by atoms with Gasteiger partial charge < -0.3 is 5.11 Å². The molecule has 0 bridgehead atoms. The van der Waals surface area contributed by atoms with Crippen molar-refractivity contribution in [2.75, 3.05) is 0 Å². The molecule has 0 heterocycles. The Morgan fingerprint density at radius 2 is 1.26 bits per heavy atom. The topological polar surface area (TPSA) is 124 Å². The van der Waals surface area contributed by atoms with E-state index in [0.717, 1.165) is 22.4 Å². The monoisotopic (exact) mass is 488 g/mol. The van der Waals surface area contributed by atoms with Gasteiger partial charge in [-0.3, -0.25) is 4.55 Å². The summed E-state index contributed by atoms with van der Waals surface area (Å²) in [6.45, 7) is 7.81. The molecule has 9 heteroatoms. The number of hydrogen-bond donors (Lipinski definition) is 2. The summed E-state index contributed by atoms with van der Waals surface area (Å²) < 4.78 is 32.2. The summed E-state index contributed by atoms with van der Waals surface area (Å²) >= 11 is 0. The molecule has 0 saturated heterocycles. The first-order chi connectivity index (χ1) is 16.5. The molecule has 178 valence electrons. The average Bonchev–Trinajstić information content (AvgIpc) is 2.79. The SMILES string of the molecule is Cc1ccc(N=Nc2cc(C)c(N=Nc3c(O)ccc4cc(S(=O)(=O)O)ccc34)cc2C)c(C)c1. The highest BCUT2D eigenvalue weighted by molar-refractivity contribution is 7.85. The lowest BCUT2D eigenvalue weighted by molar-refractivity contribution is 0.477. The molecule has 0 aromatic heterocycles. The highest BCUT2D eigenvalue weighted by Gasteiger charge is 2.13. The number of azo groups is 2. The Kier molecular flexibility index (Phi) is 6.47. The normalized spacial score (nSPS) is 12.3. The number of benzene rings is 4. The molecule has 0 radical (unpaired) electrons. The van der Waals surface area contributed by atoms with Gasteiger partial charge in [-0.1, -0.05) is 29.8 Å². The van der Waals surface area contributed by atoms with Crippen LogP contribution in [-0.4, -0.2) is 18.1 Å². The van der Waals surface area contributed by atoms with Crippen molar-refractivity contribution in [2.24, 2.45) is 20.5 Å². The van der Waals surface area contributed by atoms with E-state index >= 15 is 0 Å². The molecular formula is C26H24N4O4S. The van der Waals surface area contributed by atoms with Gasteiger partial charge >= 0.3 is 0 Å². The minimum Gasteiger partial charge on any atom is -0.506 e. The predicted octanol–water partition coefficient (Wildman–Crippen LogP) is 7.86. The minimum atomic E-state index is -4.35. The van der Waals surface area contributed by atoms with Crippen molar-refractivity contribution in [1.29, 1.82) is 0 Å². The van der Waals surface area contributed by atoms with Crippen LogP contribution in [-0.2, 0) is 10.1 Å². The zero-order valence-corrected chi connectivity index (χ0v) is 20.5. The van der Waals surface area contributed by atoms with E-state index in [1.54, 1.807) is 6.07 Å². The Morgan fingerprint density at radius 3 is 1.89 bits per heavy atom. The van der Waals surface area contributed by atoms with Crippen LogP contribution in [0.3, 0.4) is 0 Å². The van der Waals surface area contributed by atoms with Gasteiger partial charge in [0.25, 0.3) is 10.1 Å². The number of phenols is 1. The molecule has 0 aliphatic rings. The Balaban J connectivity index is 1.67. The minimum absolute atomic E-state index is 0.103. The fourth-order valence-corrected chi connectivity index (χ4v) is 4.19. The largest absolute Gasteiger partial charge is 0.506 e. The lowest BCUT2D eigenvalue weighted by Crippen LogP contribution is -1.97. The Bertz CT molecular complexity index is 1630. The zero-order valence-electron chi connectivity index (χ0n) is 19.7. The van der Waals surface area contributed by atoms with Crippen LogP contribution in [0, 0.1) is 27.7 Å². The Morgan fingerprint density at radius 1 is 0.657 bits per heavy atom. The molecule has 0 atom stereocenters. The van der Waals surface area contributed by atoms with E-state index in [2.05, 4.69) is 26.5 Å². The van der Waals surface area contributed by atoms with Crippen LogP contribution in [0.1, 0.15) is 22.3 Å². The smallest absolute Gasteiger partial charge is 0.294 e. The molecular weight excluding hydrogens is 464 g/mol. The van der Waals surface area contributed by atoms with E-state index in [4.69, 9.17) is 0 Å². The number of aryl methyl sites for hydroxylation is 4. The van der Waals surface area contributed by atoms with E-state index in [1.165, 1.54) is 29.8 Å². The second-order valence-electron chi connectivity index (χ2n) is 8.41. The summed E-state index contributed by atoms with van der Waals surface area (Å²) in [7, 11) is -4.35. The van der Waals surface area contributed by atoms with Gasteiger partial charge in [0.05, 0.1) is 22.0 Å². The molecule has 2 N–H and O–H groups in total. The average molecular weight is 489 g/mol. The number of fused-ring (bicyclic) bond motifs is 1. The third kappa shape index (κ3) is 5.26. The maximum absolute atomic E-state index is 11.4. The summed E-state index contributed by atoms with van der Waals surface area (Å²) in [4.78, 5) is -0.240. The first-order valence-corrected chi connectivity index (χ1v) is 12.2. The second kappa shape index (κ2) is 9.36. The van der Waals surface area contributed by atoms with E-state index < -0.39 is 10.1 Å². The van der Waals surface area contributed by atoms with Gasteiger partial charge in [-0.2, -0.15) is 23.8 Å². The lowest BCUT2D eigenvalue weighted by atomic mass is 10.1. The number of hydrogen-bond acceptors (Lipinski definition) is 7. The van der Waals surface area contributed by atoms with Crippen LogP contribution in [0.15, 0.2) is 86.0 Å². The third-order valence-corrected chi connectivity index (χ3v) is 6.48. The number of rotatable bonds is 5. The van der Waals surface area contributed by atoms with Crippen LogP contribution in [0.4, 0.5) is 22.7 Å². The van der Waals surface area contributed by atoms with E-state index in [1.807, 2.05) is 52.0 Å². The van der Waals surface area contributed by atoms with Crippen molar-refractivity contribution in [1.82, 2.24) is 0 Å². The van der Waals surface area contributed by atoms with Crippen LogP contribution in [0.25, 0.3) is 10.8 Å². The molecule has 0 amide bonds. The first-order valence-electron chi connectivity index (χ1n) is 10.8. The fraction of sp³-hybridized carbons (Fsp3) is 0.154. The van der Waals surface area contributed by atoms with Crippen LogP contribution < -0.4 is 0 Å². The molecule has 4 aromatic carbocycles.